The Labute approximate surface area is 104 Å². The SMILES string of the molecule is Cc1cccc(CN(C(=O)[C@H](C)N)C(C)C)c1. The number of nitrogens with zero attached hydrogens (tertiary/aromatic N) is 1. The van der Waals surface area contributed by atoms with Gasteiger partial charge in [-0.25, -0.2) is 0 Å². The van der Waals surface area contributed by atoms with E-state index >= 15 is 0 Å². The van der Waals surface area contributed by atoms with Crippen molar-refractivity contribution in [3.05, 3.63) is 35.4 Å². The molecule has 0 saturated carbocycles. The quantitative estimate of drug-likeness (QED) is 0.867. The molecule has 0 unspecified atom stereocenters. The molecule has 0 aromatic heterocycles. The maximum atomic E-state index is 12.0. The lowest BCUT2D eigenvalue weighted by atomic mass is 10.1. The van der Waals surface area contributed by atoms with Crippen LogP contribution in [-0.2, 0) is 11.3 Å². The van der Waals surface area contributed by atoms with Gasteiger partial charge in [0.05, 0.1) is 6.04 Å². The van der Waals surface area contributed by atoms with Gasteiger partial charge in [-0.15, -0.1) is 0 Å². The molecule has 0 fully saturated rings. The van der Waals surface area contributed by atoms with Gasteiger partial charge in [-0.05, 0) is 33.3 Å². The molecular formula is C14H22N2O. The predicted molar refractivity (Wildman–Crippen MR) is 70.5 cm³/mol. The summed E-state index contributed by atoms with van der Waals surface area (Å²) in [6, 6.07) is 7.92. The highest BCUT2D eigenvalue weighted by molar-refractivity contribution is 5.81. The second-order valence-corrected chi connectivity index (χ2v) is 4.84. The summed E-state index contributed by atoms with van der Waals surface area (Å²) in [5.74, 6) is 0.00139. The first-order chi connectivity index (χ1) is 7.91. The van der Waals surface area contributed by atoms with E-state index < -0.39 is 6.04 Å². The molecule has 0 aliphatic carbocycles. The maximum absolute atomic E-state index is 12.0. The summed E-state index contributed by atoms with van der Waals surface area (Å²) >= 11 is 0. The van der Waals surface area contributed by atoms with Crippen LogP contribution in [-0.4, -0.2) is 22.9 Å². The van der Waals surface area contributed by atoms with Crippen molar-refractivity contribution in [2.24, 2.45) is 5.73 Å². The van der Waals surface area contributed by atoms with Gasteiger partial charge in [-0.1, -0.05) is 29.8 Å². The monoisotopic (exact) mass is 234 g/mol. The molecule has 2 N–H and O–H groups in total. The highest BCUT2D eigenvalue weighted by atomic mass is 16.2. The Bertz CT molecular complexity index is 386. The van der Waals surface area contributed by atoms with Gasteiger partial charge >= 0.3 is 0 Å². The third-order valence-corrected chi connectivity index (χ3v) is 2.73. The van der Waals surface area contributed by atoms with Gasteiger partial charge in [0.2, 0.25) is 5.91 Å². The van der Waals surface area contributed by atoms with Crippen molar-refractivity contribution in [1.82, 2.24) is 4.90 Å². The van der Waals surface area contributed by atoms with Crippen LogP contribution in [0.2, 0.25) is 0 Å². The van der Waals surface area contributed by atoms with Crippen molar-refractivity contribution >= 4 is 5.91 Å². The summed E-state index contributed by atoms with van der Waals surface area (Å²) in [5, 5.41) is 0. The summed E-state index contributed by atoms with van der Waals surface area (Å²) in [6.07, 6.45) is 0. The Morgan fingerprint density at radius 2 is 2.00 bits per heavy atom. The molecule has 1 amide bonds. The van der Waals surface area contributed by atoms with E-state index in [1.54, 1.807) is 6.92 Å². The molecule has 1 atom stereocenters. The highest BCUT2D eigenvalue weighted by Gasteiger charge is 2.20. The molecular weight excluding hydrogens is 212 g/mol. The Morgan fingerprint density at radius 3 is 2.47 bits per heavy atom. The van der Waals surface area contributed by atoms with Crippen LogP contribution in [0.5, 0.6) is 0 Å². The van der Waals surface area contributed by atoms with Crippen molar-refractivity contribution in [3.8, 4) is 0 Å². The first-order valence-corrected chi connectivity index (χ1v) is 6.03. The van der Waals surface area contributed by atoms with Crippen LogP contribution in [0, 0.1) is 6.92 Å². The smallest absolute Gasteiger partial charge is 0.239 e. The summed E-state index contributed by atoms with van der Waals surface area (Å²) < 4.78 is 0. The average Bonchev–Trinajstić information content (AvgIpc) is 2.24. The van der Waals surface area contributed by atoms with E-state index in [1.165, 1.54) is 5.56 Å². The Kier molecular flexibility index (Phi) is 4.70. The molecule has 0 heterocycles. The molecule has 1 aromatic carbocycles. The minimum absolute atomic E-state index is 0.00139. The molecule has 3 heteroatoms. The van der Waals surface area contributed by atoms with Crippen LogP contribution in [0.1, 0.15) is 31.9 Å². The second-order valence-electron chi connectivity index (χ2n) is 4.84. The number of benzene rings is 1. The number of nitrogens with two attached hydrogens (primary N) is 1. The number of carbonyl (C=O) groups is 1. The summed E-state index contributed by atoms with van der Waals surface area (Å²) in [4.78, 5) is 13.8. The van der Waals surface area contributed by atoms with Crippen LogP contribution in [0.15, 0.2) is 24.3 Å². The van der Waals surface area contributed by atoms with E-state index in [0.29, 0.717) is 6.54 Å². The largest absolute Gasteiger partial charge is 0.335 e. The van der Waals surface area contributed by atoms with E-state index in [1.807, 2.05) is 30.9 Å². The van der Waals surface area contributed by atoms with Gasteiger partial charge in [0, 0.05) is 12.6 Å². The lowest BCUT2D eigenvalue weighted by Gasteiger charge is -2.28. The number of hydrogen-bond acceptors (Lipinski definition) is 2. The van der Waals surface area contributed by atoms with Gasteiger partial charge in [-0.3, -0.25) is 4.79 Å². The highest BCUT2D eigenvalue weighted by Crippen LogP contribution is 2.11. The van der Waals surface area contributed by atoms with E-state index in [4.69, 9.17) is 5.73 Å². The number of rotatable bonds is 4. The molecule has 0 radical (unpaired) electrons. The average molecular weight is 234 g/mol. The van der Waals surface area contributed by atoms with Crippen molar-refractivity contribution in [3.63, 3.8) is 0 Å². The van der Waals surface area contributed by atoms with Crippen molar-refractivity contribution in [2.75, 3.05) is 0 Å². The molecule has 3 nitrogen and oxygen atoms in total. The Hall–Kier alpha value is -1.35. The van der Waals surface area contributed by atoms with E-state index in [9.17, 15) is 4.79 Å². The summed E-state index contributed by atoms with van der Waals surface area (Å²) in [6.45, 7) is 8.43. The minimum Gasteiger partial charge on any atom is -0.335 e. The molecule has 94 valence electrons. The third-order valence-electron chi connectivity index (χ3n) is 2.73. The zero-order valence-corrected chi connectivity index (χ0v) is 11.1. The van der Waals surface area contributed by atoms with Gasteiger partial charge < -0.3 is 10.6 Å². The molecule has 1 aromatic rings. The topological polar surface area (TPSA) is 46.3 Å². The van der Waals surface area contributed by atoms with Gasteiger partial charge in [0.15, 0.2) is 0 Å². The second kappa shape index (κ2) is 5.82. The molecule has 17 heavy (non-hydrogen) atoms. The van der Waals surface area contributed by atoms with Gasteiger partial charge in [0.1, 0.15) is 0 Å². The molecule has 1 rings (SSSR count). The van der Waals surface area contributed by atoms with E-state index in [2.05, 4.69) is 19.1 Å². The Balaban J connectivity index is 2.84. The van der Waals surface area contributed by atoms with Crippen LogP contribution >= 0.6 is 0 Å². The van der Waals surface area contributed by atoms with Crippen molar-refractivity contribution in [1.29, 1.82) is 0 Å². The standard InChI is InChI=1S/C14H22N2O/c1-10(2)16(14(17)12(4)15)9-13-7-5-6-11(3)8-13/h5-8,10,12H,9,15H2,1-4H3/t12-/m0/s1. The van der Waals surface area contributed by atoms with Gasteiger partial charge in [-0.2, -0.15) is 0 Å². The lowest BCUT2D eigenvalue weighted by molar-refractivity contribution is -0.134. The van der Waals surface area contributed by atoms with Crippen LogP contribution in [0.25, 0.3) is 0 Å². The molecule has 0 saturated heterocycles. The zero-order valence-electron chi connectivity index (χ0n) is 11.1. The van der Waals surface area contributed by atoms with Gasteiger partial charge in [0.25, 0.3) is 0 Å². The van der Waals surface area contributed by atoms with Crippen LogP contribution in [0.3, 0.4) is 0 Å². The number of aryl methyl sites for hydroxylation is 1. The first-order valence-electron chi connectivity index (χ1n) is 6.03. The zero-order chi connectivity index (χ0) is 13.0. The summed E-state index contributed by atoms with van der Waals surface area (Å²) in [5.41, 5.74) is 8.02. The molecule has 0 bridgehead atoms. The summed E-state index contributed by atoms with van der Waals surface area (Å²) in [7, 11) is 0. The molecule has 0 aliphatic rings. The number of hydrogen-bond donors (Lipinski definition) is 1. The number of amides is 1. The molecule has 0 spiro atoms. The Morgan fingerprint density at radius 1 is 1.35 bits per heavy atom. The normalized spacial score (nSPS) is 12.6. The van der Waals surface area contributed by atoms with Crippen molar-refractivity contribution in [2.45, 2.75) is 46.3 Å². The van der Waals surface area contributed by atoms with Crippen LogP contribution < -0.4 is 5.73 Å². The minimum atomic E-state index is -0.442. The predicted octanol–water partition coefficient (Wildman–Crippen LogP) is 2.08. The van der Waals surface area contributed by atoms with E-state index in [0.717, 1.165) is 5.56 Å². The van der Waals surface area contributed by atoms with E-state index in [-0.39, 0.29) is 11.9 Å². The molecule has 0 aliphatic heterocycles. The van der Waals surface area contributed by atoms with Crippen LogP contribution in [0.4, 0.5) is 0 Å². The van der Waals surface area contributed by atoms with Crippen molar-refractivity contribution < 1.29 is 4.79 Å². The maximum Gasteiger partial charge on any atom is 0.239 e. The number of carbonyl (C=O) groups excluding carboxylic acids is 1. The first kappa shape index (κ1) is 13.7. The fourth-order valence-corrected chi connectivity index (χ4v) is 1.78. The fourth-order valence-electron chi connectivity index (χ4n) is 1.78. The fraction of sp³-hybridized carbons (Fsp3) is 0.500. The lowest BCUT2D eigenvalue weighted by Crippen LogP contribution is -2.45. The third kappa shape index (κ3) is 3.86.